The fourth-order valence-electron chi connectivity index (χ4n) is 2.30. The summed E-state index contributed by atoms with van der Waals surface area (Å²) in [6, 6.07) is 4.18. The first kappa shape index (κ1) is 13.8. The zero-order valence-electron chi connectivity index (χ0n) is 11.1. The molecule has 0 spiro atoms. The van der Waals surface area contributed by atoms with Gasteiger partial charge in [0.15, 0.2) is 5.11 Å². The molecule has 100 valence electrons. The van der Waals surface area contributed by atoms with Crippen LogP contribution < -0.4 is 5.32 Å². The second-order valence-electron chi connectivity index (χ2n) is 5.31. The highest BCUT2D eigenvalue weighted by atomic mass is 32.1. The van der Waals surface area contributed by atoms with Gasteiger partial charge >= 0.3 is 0 Å². The van der Waals surface area contributed by atoms with Crippen molar-refractivity contribution in [2.75, 3.05) is 13.1 Å². The third-order valence-corrected chi connectivity index (χ3v) is 4.13. The Morgan fingerprint density at radius 1 is 1.67 bits per heavy atom. The number of nitrogens with one attached hydrogen (secondary N) is 1. The minimum atomic E-state index is -0.133. The normalized spacial score (nSPS) is 22.8. The molecule has 1 aliphatic heterocycles. The van der Waals surface area contributed by atoms with E-state index in [1.54, 1.807) is 11.3 Å². The molecule has 1 N–H and O–H groups in total. The summed E-state index contributed by atoms with van der Waals surface area (Å²) in [5.74, 6) is 0. The molecule has 1 atom stereocenters. The molecule has 1 aliphatic rings. The molecule has 0 aromatic carbocycles. The fourth-order valence-corrected chi connectivity index (χ4v) is 3.15. The maximum absolute atomic E-state index is 5.88. The van der Waals surface area contributed by atoms with Gasteiger partial charge in [0.05, 0.1) is 18.2 Å². The average Bonchev–Trinajstić information content (AvgIpc) is 2.75. The molecule has 0 radical (unpaired) electrons. The van der Waals surface area contributed by atoms with Gasteiger partial charge < -0.3 is 15.0 Å². The van der Waals surface area contributed by atoms with Crippen LogP contribution in [0.5, 0.6) is 0 Å². The number of nitrogens with zero attached hydrogens (tertiary/aromatic N) is 1. The zero-order chi connectivity index (χ0) is 13.2. The van der Waals surface area contributed by atoms with E-state index in [0.29, 0.717) is 0 Å². The molecule has 2 rings (SSSR count). The molecule has 3 nitrogen and oxygen atoms in total. The van der Waals surface area contributed by atoms with Gasteiger partial charge in [-0.15, -0.1) is 11.3 Å². The Balaban J connectivity index is 1.88. The summed E-state index contributed by atoms with van der Waals surface area (Å²) in [6.07, 6.45) is 0.218. The first-order valence-corrected chi connectivity index (χ1v) is 7.48. The number of thiophene rings is 1. The Morgan fingerprint density at radius 2 is 2.44 bits per heavy atom. The second-order valence-corrected chi connectivity index (χ2v) is 6.73. The van der Waals surface area contributed by atoms with E-state index in [9.17, 15) is 0 Å². The van der Waals surface area contributed by atoms with Crippen LogP contribution in [0, 0.1) is 0 Å². The Labute approximate surface area is 118 Å². The lowest BCUT2D eigenvalue weighted by molar-refractivity contribution is -0.112. The monoisotopic (exact) mass is 284 g/mol. The zero-order valence-corrected chi connectivity index (χ0v) is 12.7. The largest absolute Gasteiger partial charge is 0.369 e. The predicted molar refractivity (Wildman–Crippen MR) is 80.0 cm³/mol. The summed E-state index contributed by atoms with van der Waals surface area (Å²) in [4.78, 5) is 3.51. The third-order valence-electron chi connectivity index (χ3n) is 2.85. The number of hydrogen-bond acceptors (Lipinski definition) is 3. The molecule has 0 bridgehead atoms. The molecule has 1 fully saturated rings. The maximum atomic E-state index is 5.88. The van der Waals surface area contributed by atoms with Crippen LogP contribution in [-0.2, 0) is 11.3 Å². The third kappa shape index (κ3) is 3.67. The topological polar surface area (TPSA) is 24.5 Å². The van der Waals surface area contributed by atoms with Crippen molar-refractivity contribution in [3.63, 3.8) is 0 Å². The van der Waals surface area contributed by atoms with Crippen LogP contribution in [0.2, 0.25) is 0 Å². The summed E-state index contributed by atoms with van der Waals surface area (Å²) >= 11 is 7.21. The number of ether oxygens (including phenoxy) is 1. The summed E-state index contributed by atoms with van der Waals surface area (Å²) in [6.45, 7) is 8.82. The van der Waals surface area contributed by atoms with Crippen molar-refractivity contribution in [2.24, 2.45) is 0 Å². The van der Waals surface area contributed by atoms with Crippen molar-refractivity contribution < 1.29 is 4.74 Å². The van der Waals surface area contributed by atoms with Gasteiger partial charge in [-0.05, 0) is 44.4 Å². The van der Waals surface area contributed by atoms with E-state index < -0.39 is 0 Å². The van der Waals surface area contributed by atoms with Crippen LogP contribution in [0.15, 0.2) is 17.5 Å². The van der Waals surface area contributed by atoms with Crippen LogP contribution in [0.3, 0.4) is 0 Å². The molecule has 1 aromatic rings. The van der Waals surface area contributed by atoms with E-state index in [4.69, 9.17) is 17.0 Å². The van der Waals surface area contributed by atoms with Crippen molar-refractivity contribution >= 4 is 28.7 Å². The lowest BCUT2D eigenvalue weighted by atomic mass is 10.1. The van der Waals surface area contributed by atoms with Crippen molar-refractivity contribution in [2.45, 2.75) is 39.0 Å². The van der Waals surface area contributed by atoms with Gasteiger partial charge in [-0.2, -0.15) is 0 Å². The predicted octanol–water partition coefficient (Wildman–Crippen LogP) is 2.62. The van der Waals surface area contributed by atoms with Gasteiger partial charge in [0.2, 0.25) is 0 Å². The van der Waals surface area contributed by atoms with Gasteiger partial charge in [0.25, 0.3) is 0 Å². The molecule has 0 unspecified atom stereocenters. The van der Waals surface area contributed by atoms with E-state index in [2.05, 4.69) is 48.5 Å². The van der Waals surface area contributed by atoms with E-state index >= 15 is 0 Å². The molecule has 1 aromatic heterocycles. The number of rotatable bonds is 2. The van der Waals surface area contributed by atoms with Crippen molar-refractivity contribution in [3.05, 3.63) is 22.4 Å². The second kappa shape index (κ2) is 5.55. The van der Waals surface area contributed by atoms with Gasteiger partial charge in [0.1, 0.15) is 0 Å². The van der Waals surface area contributed by atoms with Gasteiger partial charge in [-0.3, -0.25) is 0 Å². The quantitative estimate of drug-likeness (QED) is 0.844. The summed E-state index contributed by atoms with van der Waals surface area (Å²) < 4.78 is 5.88. The Kier molecular flexibility index (Phi) is 4.25. The molecule has 0 aliphatic carbocycles. The van der Waals surface area contributed by atoms with E-state index in [-0.39, 0.29) is 11.7 Å². The number of morpholine rings is 1. The lowest BCUT2D eigenvalue weighted by Crippen LogP contribution is -2.55. The first-order valence-electron chi connectivity index (χ1n) is 6.19. The highest BCUT2D eigenvalue weighted by molar-refractivity contribution is 7.80. The highest BCUT2D eigenvalue weighted by Crippen LogP contribution is 2.20. The van der Waals surface area contributed by atoms with E-state index in [1.165, 1.54) is 4.88 Å². The van der Waals surface area contributed by atoms with Crippen LogP contribution in [0.1, 0.15) is 25.6 Å². The summed E-state index contributed by atoms with van der Waals surface area (Å²) in [5, 5.41) is 6.23. The first-order chi connectivity index (χ1) is 8.46. The Morgan fingerprint density at radius 3 is 3.06 bits per heavy atom. The summed E-state index contributed by atoms with van der Waals surface area (Å²) in [7, 11) is 0. The van der Waals surface area contributed by atoms with Gasteiger partial charge in [-0.1, -0.05) is 6.07 Å². The average molecular weight is 284 g/mol. The van der Waals surface area contributed by atoms with Gasteiger partial charge in [-0.25, -0.2) is 0 Å². The highest BCUT2D eigenvalue weighted by Gasteiger charge is 2.32. The van der Waals surface area contributed by atoms with Crippen LogP contribution in [-0.4, -0.2) is 34.8 Å². The smallest absolute Gasteiger partial charge is 0.169 e. The molecule has 0 saturated carbocycles. The van der Waals surface area contributed by atoms with Gasteiger partial charge in [0, 0.05) is 18.0 Å². The fraction of sp³-hybridized carbons (Fsp3) is 0.615. The molecular weight excluding hydrogens is 264 g/mol. The van der Waals surface area contributed by atoms with Crippen LogP contribution in [0.4, 0.5) is 0 Å². The molecular formula is C13H20N2OS2. The standard InChI is InChI=1S/C13H20N2OS2/c1-10-8-15(9-13(2,3)16-10)12(17)14-7-11-5-4-6-18-11/h4-6,10H,7-9H2,1-3H3,(H,14,17)/t10-/m0/s1. The molecule has 5 heteroatoms. The van der Waals surface area contributed by atoms with Crippen LogP contribution in [0.25, 0.3) is 0 Å². The van der Waals surface area contributed by atoms with E-state index in [1.807, 2.05) is 0 Å². The SMILES string of the molecule is C[C@H]1CN(C(=S)NCc2cccs2)CC(C)(C)O1. The minimum Gasteiger partial charge on any atom is -0.369 e. The summed E-state index contributed by atoms with van der Waals surface area (Å²) in [5.41, 5.74) is -0.133. The Bertz CT molecular complexity index is 403. The van der Waals surface area contributed by atoms with Crippen molar-refractivity contribution in [3.8, 4) is 0 Å². The lowest BCUT2D eigenvalue weighted by Gasteiger charge is -2.42. The minimum absolute atomic E-state index is 0.133. The molecule has 18 heavy (non-hydrogen) atoms. The molecule has 0 amide bonds. The number of thiocarbonyl (C=S) groups is 1. The number of hydrogen-bond donors (Lipinski definition) is 1. The Hall–Kier alpha value is -0.650. The maximum Gasteiger partial charge on any atom is 0.169 e. The molecule has 2 heterocycles. The van der Waals surface area contributed by atoms with Crippen molar-refractivity contribution in [1.29, 1.82) is 0 Å². The van der Waals surface area contributed by atoms with Crippen LogP contribution >= 0.6 is 23.6 Å². The molecule has 1 saturated heterocycles. The van der Waals surface area contributed by atoms with E-state index in [0.717, 1.165) is 24.7 Å². The van der Waals surface area contributed by atoms with Crippen molar-refractivity contribution in [1.82, 2.24) is 10.2 Å².